The number of hydrogen-bond donors (Lipinski definition) is 1. The molecule has 0 N–H and O–H groups in total. The SMILES string of the molecule is COc1cccc([C@](C)(S)N2CCC[C@H](Cc3cc(C)nc(C)c3)C2)n1. The average molecular weight is 372 g/mol. The quantitative estimate of drug-likeness (QED) is 0.801. The van der Waals surface area contributed by atoms with Crippen LogP contribution in [-0.2, 0) is 11.3 Å². The van der Waals surface area contributed by atoms with Crippen LogP contribution >= 0.6 is 12.6 Å². The molecular weight excluding hydrogens is 342 g/mol. The van der Waals surface area contributed by atoms with Crippen molar-refractivity contribution in [2.24, 2.45) is 5.92 Å². The summed E-state index contributed by atoms with van der Waals surface area (Å²) in [6, 6.07) is 10.3. The number of aryl methyl sites for hydroxylation is 2. The Morgan fingerprint density at radius 2 is 1.96 bits per heavy atom. The Hall–Kier alpha value is -1.59. The predicted octanol–water partition coefficient (Wildman–Crippen LogP) is 4.16. The zero-order valence-electron chi connectivity index (χ0n) is 16.2. The smallest absolute Gasteiger partial charge is 0.213 e. The van der Waals surface area contributed by atoms with Gasteiger partial charge in [0.2, 0.25) is 5.88 Å². The van der Waals surface area contributed by atoms with Gasteiger partial charge in [-0.15, -0.1) is 0 Å². The van der Waals surface area contributed by atoms with Gasteiger partial charge in [0.1, 0.15) is 4.87 Å². The molecule has 3 heterocycles. The first-order chi connectivity index (χ1) is 12.4. The van der Waals surface area contributed by atoms with Crippen molar-refractivity contribution in [3.8, 4) is 5.88 Å². The van der Waals surface area contributed by atoms with E-state index in [0.717, 1.165) is 36.6 Å². The standard InChI is InChI=1S/C21H29N3OS/c1-15-11-18(12-16(2)22-15)13-17-7-6-10-24(14-17)21(3,26)19-8-5-9-20(23-19)25-4/h5,8-9,11-12,17,26H,6-7,10,13-14H2,1-4H3/t17-,21+/m1/s1. The lowest BCUT2D eigenvalue weighted by molar-refractivity contribution is 0.109. The van der Waals surface area contributed by atoms with Crippen LogP contribution in [0.1, 0.15) is 42.4 Å². The van der Waals surface area contributed by atoms with Gasteiger partial charge in [0, 0.05) is 24.0 Å². The second kappa shape index (κ2) is 7.97. The van der Waals surface area contributed by atoms with Gasteiger partial charge in [-0.3, -0.25) is 9.88 Å². The van der Waals surface area contributed by atoms with Crippen LogP contribution in [0.2, 0.25) is 0 Å². The molecule has 0 aromatic carbocycles. The third-order valence-electron chi connectivity index (χ3n) is 5.22. The summed E-state index contributed by atoms with van der Waals surface area (Å²) < 4.78 is 5.29. The van der Waals surface area contributed by atoms with E-state index in [0.29, 0.717) is 11.8 Å². The lowest BCUT2D eigenvalue weighted by atomic mass is 9.90. The highest BCUT2D eigenvalue weighted by Crippen LogP contribution is 2.36. The van der Waals surface area contributed by atoms with Crippen LogP contribution in [-0.4, -0.2) is 35.1 Å². The number of pyridine rings is 2. The normalized spacial score (nSPS) is 20.6. The molecule has 4 nitrogen and oxygen atoms in total. The molecule has 0 spiro atoms. The van der Waals surface area contributed by atoms with Gasteiger partial charge in [-0.05, 0) is 76.3 Å². The van der Waals surface area contributed by atoms with E-state index in [9.17, 15) is 0 Å². The van der Waals surface area contributed by atoms with E-state index in [2.05, 4.69) is 47.8 Å². The molecule has 2 aromatic rings. The maximum Gasteiger partial charge on any atom is 0.213 e. The molecule has 1 saturated heterocycles. The van der Waals surface area contributed by atoms with Crippen molar-refractivity contribution in [2.45, 2.75) is 44.9 Å². The highest BCUT2D eigenvalue weighted by molar-refractivity contribution is 7.81. The van der Waals surface area contributed by atoms with E-state index in [4.69, 9.17) is 17.4 Å². The van der Waals surface area contributed by atoms with E-state index in [1.54, 1.807) is 7.11 Å². The van der Waals surface area contributed by atoms with Crippen molar-refractivity contribution < 1.29 is 4.74 Å². The summed E-state index contributed by atoms with van der Waals surface area (Å²) in [5, 5.41) is 0. The van der Waals surface area contributed by atoms with Gasteiger partial charge in [0.25, 0.3) is 0 Å². The summed E-state index contributed by atoms with van der Waals surface area (Å²) in [6.45, 7) is 8.36. The van der Waals surface area contributed by atoms with Crippen LogP contribution in [0.5, 0.6) is 5.88 Å². The number of thiol groups is 1. The Balaban J connectivity index is 1.74. The summed E-state index contributed by atoms with van der Waals surface area (Å²) in [5.41, 5.74) is 4.54. The lowest BCUT2D eigenvalue weighted by Crippen LogP contribution is -2.46. The van der Waals surface area contributed by atoms with E-state index in [1.165, 1.54) is 18.4 Å². The Bertz CT molecular complexity index is 742. The molecule has 0 unspecified atom stereocenters. The van der Waals surface area contributed by atoms with Crippen LogP contribution in [0.4, 0.5) is 0 Å². The number of rotatable bonds is 5. The van der Waals surface area contributed by atoms with E-state index in [1.807, 2.05) is 18.2 Å². The van der Waals surface area contributed by atoms with Gasteiger partial charge in [0.15, 0.2) is 0 Å². The summed E-state index contributed by atoms with van der Waals surface area (Å²) in [4.78, 5) is 11.2. The van der Waals surface area contributed by atoms with Gasteiger partial charge in [0.05, 0.1) is 12.8 Å². The largest absolute Gasteiger partial charge is 0.481 e. The number of nitrogens with zero attached hydrogens (tertiary/aromatic N) is 3. The monoisotopic (exact) mass is 371 g/mol. The summed E-state index contributed by atoms with van der Waals surface area (Å²) in [5.74, 6) is 1.26. The van der Waals surface area contributed by atoms with Crippen LogP contribution < -0.4 is 4.74 Å². The van der Waals surface area contributed by atoms with Gasteiger partial charge in [-0.2, -0.15) is 12.6 Å². The van der Waals surface area contributed by atoms with Crippen LogP contribution in [0, 0.1) is 19.8 Å². The van der Waals surface area contributed by atoms with E-state index < -0.39 is 4.87 Å². The number of piperidine rings is 1. The Kier molecular flexibility index (Phi) is 5.88. The number of methoxy groups -OCH3 is 1. The molecule has 2 aromatic heterocycles. The molecule has 0 aliphatic carbocycles. The highest BCUT2D eigenvalue weighted by atomic mass is 32.1. The molecule has 3 rings (SSSR count). The molecule has 2 atom stereocenters. The fourth-order valence-electron chi connectivity index (χ4n) is 3.95. The number of likely N-dealkylation sites (tertiary alicyclic amines) is 1. The molecule has 5 heteroatoms. The number of ether oxygens (including phenoxy) is 1. The molecule has 1 fully saturated rings. The molecule has 0 bridgehead atoms. The summed E-state index contributed by atoms with van der Waals surface area (Å²) >= 11 is 5.00. The van der Waals surface area contributed by atoms with Crippen molar-refractivity contribution >= 4 is 12.6 Å². The molecule has 0 radical (unpaired) electrons. The highest BCUT2D eigenvalue weighted by Gasteiger charge is 2.35. The fourth-order valence-corrected chi connectivity index (χ4v) is 4.26. The number of aromatic nitrogens is 2. The molecule has 140 valence electrons. The number of hydrogen-bond acceptors (Lipinski definition) is 5. The fraction of sp³-hybridized carbons (Fsp3) is 0.524. The first-order valence-corrected chi connectivity index (χ1v) is 9.76. The maximum absolute atomic E-state index is 5.29. The molecule has 26 heavy (non-hydrogen) atoms. The van der Waals surface area contributed by atoms with Crippen LogP contribution in [0.25, 0.3) is 0 Å². The van der Waals surface area contributed by atoms with Gasteiger partial charge < -0.3 is 4.74 Å². The second-order valence-corrected chi connectivity index (χ2v) is 8.37. The molecule has 1 aliphatic rings. The summed E-state index contributed by atoms with van der Waals surface area (Å²) in [6.07, 6.45) is 3.54. The predicted molar refractivity (Wildman–Crippen MR) is 109 cm³/mol. The second-order valence-electron chi connectivity index (χ2n) is 7.50. The Morgan fingerprint density at radius 3 is 2.65 bits per heavy atom. The van der Waals surface area contributed by atoms with Crippen LogP contribution in [0.3, 0.4) is 0 Å². The molecular formula is C21H29N3OS. The molecule has 0 amide bonds. The van der Waals surface area contributed by atoms with Crippen molar-refractivity contribution in [3.05, 3.63) is 53.0 Å². The average Bonchev–Trinajstić information content (AvgIpc) is 2.61. The van der Waals surface area contributed by atoms with Gasteiger partial charge >= 0.3 is 0 Å². The van der Waals surface area contributed by atoms with Crippen molar-refractivity contribution in [1.29, 1.82) is 0 Å². The van der Waals surface area contributed by atoms with Gasteiger partial charge in [-0.25, -0.2) is 4.98 Å². The minimum absolute atomic E-state index is 0.405. The first-order valence-electron chi connectivity index (χ1n) is 9.31. The lowest BCUT2D eigenvalue weighted by Gasteiger charge is -2.42. The third kappa shape index (κ3) is 4.38. The summed E-state index contributed by atoms with van der Waals surface area (Å²) in [7, 11) is 1.65. The Labute approximate surface area is 162 Å². The van der Waals surface area contributed by atoms with E-state index in [-0.39, 0.29) is 0 Å². The first kappa shape index (κ1) is 19.2. The minimum atomic E-state index is -0.405. The minimum Gasteiger partial charge on any atom is -0.481 e. The maximum atomic E-state index is 5.29. The third-order valence-corrected chi connectivity index (χ3v) is 5.73. The van der Waals surface area contributed by atoms with Gasteiger partial charge in [-0.1, -0.05) is 6.07 Å². The van der Waals surface area contributed by atoms with Crippen molar-refractivity contribution in [1.82, 2.24) is 14.9 Å². The topological polar surface area (TPSA) is 38.2 Å². The molecule has 1 aliphatic heterocycles. The van der Waals surface area contributed by atoms with Crippen molar-refractivity contribution in [2.75, 3.05) is 20.2 Å². The molecule has 0 saturated carbocycles. The zero-order chi connectivity index (χ0) is 18.7. The Morgan fingerprint density at radius 1 is 1.23 bits per heavy atom. The van der Waals surface area contributed by atoms with Crippen molar-refractivity contribution in [3.63, 3.8) is 0 Å². The zero-order valence-corrected chi connectivity index (χ0v) is 17.1. The van der Waals surface area contributed by atoms with Crippen LogP contribution in [0.15, 0.2) is 30.3 Å². The van der Waals surface area contributed by atoms with E-state index >= 15 is 0 Å².